The Morgan fingerprint density at radius 2 is 2.00 bits per heavy atom. The quantitative estimate of drug-likeness (QED) is 0.596. The van der Waals surface area contributed by atoms with E-state index in [-0.39, 0.29) is 5.56 Å². The fourth-order valence-corrected chi connectivity index (χ4v) is 1.13. The molecule has 0 fully saturated rings. The summed E-state index contributed by atoms with van der Waals surface area (Å²) in [7, 11) is 0. The first kappa shape index (κ1) is 13.4. The molecular weight excluding hydrogens is 246 g/mol. The van der Waals surface area contributed by atoms with Gasteiger partial charge >= 0.3 is 17.6 Å². The summed E-state index contributed by atoms with van der Waals surface area (Å²) >= 11 is 0. The Balaban J connectivity index is 3.19. The van der Waals surface area contributed by atoms with Crippen LogP contribution in [0, 0.1) is 10.1 Å². The smallest absolute Gasteiger partial charge is 0.344 e. The van der Waals surface area contributed by atoms with Gasteiger partial charge in [-0.05, 0) is 13.0 Å². The van der Waals surface area contributed by atoms with Gasteiger partial charge in [-0.25, -0.2) is 9.59 Å². The number of nitro benzene ring substituents is 1. The number of nitrogens with zero attached hydrogens (tertiary/aromatic N) is 1. The molecule has 0 aliphatic carbocycles. The van der Waals surface area contributed by atoms with Gasteiger partial charge in [0.1, 0.15) is 0 Å². The summed E-state index contributed by atoms with van der Waals surface area (Å²) in [5.74, 6) is -3.00. The minimum absolute atomic E-state index is 0.229. The van der Waals surface area contributed by atoms with Gasteiger partial charge in [0.05, 0.1) is 10.5 Å². The summed E-state index contributed by atoms with van der Waals surface area (Å²) in [6, 6.07) is 2.91. The number of aromatic carboxylic acids is 1. The summed E-state index contributed by atoms with van der Waals surface area (Å²) in [4.78, 5) is 31.2. The van der Waals surface area contributed by atoms with Crippen LogP contribution < -0.4 is 4.74 Å². The number of nitro groups is 1. The molecule has 0 saturated heterocycles. The van der Waals surface area contributed by atoms with Crippen LogP contribution in [0.2, 0.25) is 0 Å². The van der Waals surface area contributed by atoms with E-state index in [9.17, 15) is 19.7 Å². The highest BCUT2D eigenvalue weighted by molar-refractivity contribution is 5.88. The Labute approximate surface area is 101 Å². The van der Waals surface area contributed by atoms with Crippen LogP contribution in [0.15, 0.2) is 18.2 Å². The second-order valence-corrected chi connectivity index (χ2v) is 3.34. The monoisotopic (exact) mass is 255 g/mol. The molecule has 1 unspecified atom stereocenters. The van der Waals surface area contributed by atoms with Crippen LogP contribution in [0.3, 0.4) is 0 Å². The fraction of sp³-hybridized carbons (Fsp3) is 0.200. The first-order valence-electron chi connectivity index (χ1n) is 4.74. The molecule has 1 aromatic rings. The normalized spacial score (nSPS) is 11.6. The van der Waals surface area contributed by atoms with Gasteiger partial charge in [-0.15, -0.1) is 0 Å². The molecule has 0 aliphatic rings. The molecule has 0 heterocycles. The molecule has 8 nitrogen and oxygen atoms in total. The molecule has 0 amide bonds. The standard InChI is InChI=1S/C10H9NO7/c1-5(9(12)13)18-8-4-6(10(14)15)2-3-7(8)11(16)17/h2-5H,1H3,(H,12,13)(H,14,15). The largest absolute Gasteiger partial charge is 0.479 e. The van der Waals surface area contributed by atoms with E-state index in [4.69, 9.17) is 14.9 Å². The SMILES string of the molecule is CC(Oc1cc(C(=O)O)ccc1[N+](=O)[O-])C(=O)O. The number of hydrogen-bond donors (Lipinski definition) is 2. The molecule has 2 N–H and O–H groups in total. The van der Waals surface area contributed by atoms with Crippen LogP contribution in [-0.2, 0) is 4.79 Å². The Bertz CT molecular complexity index is 511. The highest BCUT2D eigenvalue weighted by Crippen LogP contribution is 2.28. The third-order valence-electron chi connectivity index (χ3n) is 2.05. The molecule has 0 bridgehead atoms. The number of hydrogen-bond acceptors (Lipinski definition) is 5. The molecule has 8 heteroatoms. The molecule has 1 atom stereocenters. The van der Waals surface area contributed by atoms with Gasteiger partial charge in [0.25, 0.3) is 0 Å². The van der Waals surface area contributed by atoms with E-state index in [1.165, 1.54) is 6.92 Å². The molecule has 0 radical (unpaired) electrons. The summed E-state index contributed by atoms with van der Waals surface area (Å²) in [6.45, 7) is 1.18. The summed E-state index contributed by atoms with van der Waals surface area (Å²) in [5.41, 5.74) is -0.721. The molecule has 96 valence electrons. The van der Waals surface area contributed by atoms with Crippen LogP contribution in [0.1, 0.15) is 17.3 Å². The van der Waals surface area contributed by atoms with Crippen molar-refractivity contribution in [1.29, 1.82) is 0 Å². The molecule has 1 aromatic carbocycles. The van der Waals surface area contributed by atoms with Crippen LogP contribution in [0.5, 0.6) is 5.75 Å². The minimum atomic E-state index is -1.33. The van der Waals surface area contributed by atoms with Gasteiger partial charge in [-0.1, -0.05) is 0 Å². The van der Waals surface area contributed by atoms with E-state index < -0.39 is 34.4 Å². The van der Waals surface area contributed by atoms with Crippen molar-refractivity contribution in [2.75, 3.05) is 0 Å². The van der Waals surface area contributed by atoms with Crippen molar-refractivity contribution in [2.45, 2.75) is 13.0 Å². The topological polar surface area (TPSA) is 127 Å². The third-order valence-corrected chi connectivity index (χ3v) is 2.05. The van der Waals surface area contributed by atoms with Crippen molar-refractivity contribution >= 4 is 17.6 Å². The van der Waals surface area contributed by atoms with Crippen molar-refractivity contribution in [1.82, 2.24) is 0 Å². The Kier molecular flexibility index (Phi) is 3.82. The van der Waals surface area contributed by atoms with Crippen LogP contribution in [0.4, 0.5) is 5.69 Å². The first-order valence-corrected chi connectivity index (χ1v) is 4.74. The highest BCUT2D eigenvalue weighted by Gasteiger charge is 2.22. The van der Waals surface area contributed by atoms with E-state index in [0.29, 0.717) is 0 Å². The number of carbonyl (C=O) groups is 2. The lowest BCUT2D eigenvalue weighted by Gasteiger charge is -2.10. The number of rotatable bonds is 5. The Hall–Kier alpha value is -2.64. The van der Waals surface area contributed by atoms with Crippen molar-refractivity contribution in [3.05, 3.63) is 33.9 Å². The van der Waals surface area contributed by atoms with E-state index in [2.05, 4.69) is 0 Å². The van der Waals surface area contributed by atoms with E-state index in [1.807, 2.05) is 0 Å². The lowest BCUT2D eigenvalue weighted by Crippen LogP contribution is -2.23. The fourth-order valence-electron chi connectivity index (χ4n) is 1.13. The molecule has 18 heavy (non-hydrogen) atoms. The Morgan fingerprint density at radius 1 is 1.39 bits per heavy atom. The number of benzene rings is 1. The third kappa shape index (κ3) is 2.94. The van der Waals surface area contributed by atoms with E-state index in [1.54, 1.807) is 0 Å². The van der Waals surface area contributed by atoms with Crippen molar-refractivity contribution in [3.8, 4) is 5.75 Å². The maximum absolute atomic E-state index is 10.7. The lowest BCUT2D eigenvalue weighted by atomic mass is 10.2. The van der Waals surface area contributed by atoms with Crippen LogP contribution >= 0.6 is 0 Å². The average Bonchev–Trinajstić information content (AvgIpc) is 2.28. The molecule has 0 saturated carbocycles. The van der Waals surface area contributed by atoms with Gasteiger partial charge in [-0.2, -0.15) is 0 Å². The van der Waals surface area contributed by atoms with Gasteiger partial charge in [0.15, 0.2) is 11.9 Å². The van der Waals surface area contributed by atoms with Crippen molar-refractivity contribution < 1.29 is 29.5 Å². The van der Waals surface area contributed by atoms with Gasteiger partial charge in [0.2, 0.25) is 0 Å². The zero-order chi connectivity index (χ0) is 13.9. The average molecular weight is 255 g/mol. The molecule has 0 aromatic heterocycles. The summed E-state index contributed by atoms with van der Waals surface area (Å²) < 4.78 is 4.85. The van der Waals surface area contributed by atoms with Crippen LogP contribution in [-0.4, -0.2) is 33.2 Å². The summed E-state index contributed by atoms with van der Waals surface area (Å²) in [6.07, 6.45) is -1.33. The maximum atomic E-state index is 10.7. The molecule has 0 spiro atoms. The van der Waals surface area contributed by atoms with Crippen molar-refractivity contribution in [2.24, 2.45) is 0 Å². The Morgan fingerprint density at radius 3 is 2.44 bits per heavy atom. The molecule has 0 aliphatic heterocycles. The molecule has 1 rings (SSSR count). The predicted molar refractivity (Wildman–Crippen MR) is 57.8 cm³/mol. The maximum Gasteiger partial charge on any atom is 0.344 e. The minimum Gasteiger partial charge on any atom is -0.479 e. The number of aliphatic carboxylic acids is 1. The molecular formula is C10H9NO7. The lowest BCUT2D eigenvalue weighted by molar-refractivity contribution is -0.386. The van der Waals surface area contributed by atoms with Crippen molar-refractivity contribution in [3.63, 3.8) is 0 Å². The second-order valence-electron chi connectivity index (χ2n) is 3.34. The van der Waals surface area contributed by atoms with Gasteiger partial charge < -0.3 is 14.9 Å². The van der Waals surface area contributed by atoms with Gasteiger partial charge in [-0.3, -0.25) is 10.1 Å². The zero-order valence-corrected chi connectivity index (χ0v) is 9.19. The van der Waals surface area contributed by atoms with Gasteiger partial charge in [0, 0.05) is 12.1 Å². The van der Waals surface area contributed by atoms with E-state index in [0.717, 1.165) is 18.2 Å². The highest BCUT2D eigenvalue weighted by atomic mass is 16.6. The zero-order valence-electron chi connectivity index (χ0n) is 9.19. The number of carboxylic acid groups (broad SMARTS) is 2. The van der Waals surface area contributed by atoms with E-state index >= 15 is 0 Å². The second kappa shape index (κ2) is 5.13. The van der Waals surface area contributed by atoms with Crippen LogP contribution in [0.25, 0.3) is 0 Å². The number of carboxylic acids is 2. The summed E-state index contributed by atoms with van der Waals surface area (Å²) in [5, 5.41) is 28.1. The first-order chi connectivity index (χ1) is 8.32. The predicted octanol–water partition coefficient (Wildman–Crippen LogP) is 1.14. The number of ether oxygens (including phenoxy) is 1.